The highest BCUT2D eigenvalue weighted by Gasteiger charge is 2.13. The van der Waals surface area contributed by atoms with Crippen LogP contribution in [0, 0.1) is 0 Å². The fourth-order valence-corrected chi connectivity index (χ4v) is 2.09. The quantitative estimate of drug-likeness (QED) is 0.745. The molecule has 132 valence electrons. The van der Waals surface area contributed by atoms with Crippen molar-refractivity contribution in [3.63, 3.8) is 0 Å². The fourth-order valence-electron chi connectivity index (χ4n) is 2.09. The van der Waals surface area contributed by atoms with E-state index in [1.807, 2.05) is 25.1 Å². The van der Waals surface area contributed by atoms with Gasteiger partial charge in [0.25, 0.3) is 5.91 Å². The Bertz CT molecular complexity index is 715. The molecule has 0 unspecified atom stereocenters. The molecule has 2 aromatic carbocycles. The van der Waals surface area contributed by atoms with Crippen LogP contribution in [0.5, 0.6) is 11.5 Å². The van der Waals surface area contributed by atoms with Gasteiger partial charge >= 0.3 is 5.97 Å². The molecular formula is C19H21NO5. The van der Waals surface area contributed by atoms with Gasteiger partial charge in [0.2, 0.25) is 0 Å². The summed E-state index contributed by atoms with van der Waals surface area (Å²) < 4.78 is 15.9. The number of para-hydroxylation sites is 1. The van der Waals surface area contributed by atoms with Gasteiger partial charge in [-0.15, -0.1) is 0 Å². The van der Waals surface area contributed by atoms with Crippen molar-refractivity contribution < 1.29 is 23.8 Å². The zero-order valence-electron chi connectivity index (χ0n) is 14.3. The second-order valence-electron chi connectivity index (χ2n) is 5.01. The van der Waals surface area contributed by atoms with Crippen LogP contribution < -0.4 is 14.8 Å². The van der Waals surface area contributed by atoms with Crippen LogP contribution >= 0.6 is 0 Å². The van der Waals surface area contributed by atoms with Gasteiger partial charge in [-0.1, -0.05) is 18.2 Å². The average Bonchev–Trinajstić information content (AvgIpc) is 2.62. The molecule has 0 aliphatic rings. The molecular weight excluding hydrogens is 322 g/mol. The fraction of sp³-hybridized carbons (Fsp3) is 0.263. The molecule has 2 rings (SSSR count). The summed E-state index contributed by atoms with van der Waals surface area (Å²) in [6.07, 6.45) is 0. The molecule has 0 fully saturated rings. The minimum absolute atomic E-state index is 0.130. The molecule has 0 heterocycles. The van der Waals surface area contributed by atoms with E-state index in [0.29, 0.717) is 29.4 Å². The summed E-state index contributed by atoms with van der Waals surface area (Å²) in [4.78, 5) is 23.9. The lowest BCUT2D eigenvalue weighted by Crippen LogP contribution is -2.20. The van der Waals surface area contributed by atoms with Crippen LogP contribution in [0.1, 0.15) is 24.2 Å². The number of nitrogens with one attached hydrogen (secondary N) is 1. The van der Waals surface area contributed by atoms with E-state index in [2.05, 4.69) is 5.32 Å². The van der Waals surface area contributed by atoms with Gasteiger partial charge in [-0.25, -0.2) is 4.79 Å². The summed E-state index contributed by atoms with van der Waals surface area (Å²) in [6, 6.07) is 13.8. The van der Waals surface area contributed by atoms with Crippen LogP contribution in [0.15, 0.2) is 48.5 Å². The first-order chi connectivity index (χ1) is 12.1. The molecule has 0 saturated carbocycles. The second-order valence-corrected chi connectivity index (χ2v) is 5.01. The monoisotopic (exact) mass is 343 g/mol. The predicted octanol–water partition coefficient (Wildman–Crippen LogP) is 3.28. The summed E-state index contributed by atoms with van der Waals surface area (Å²) in [5.74, 6) is 0.254. The molecule has 25 heavy (non-hydrogen) atoms. The van der Waals surface area contributed by atoms with Crippen LogP contribution in [-0.2, 0) is 9.53 Å². The van der Waals surface area contributed by atoms with Crippen LogP contribution in [0.25, 0.3) is 0 Å². The van der Waals surface area contributed by atoms with E-state index < -0.39 is 5.97 Å². The summed E-state index contributed by atoms with van der Waals surface area (Å²) in [5.41, 5.74) is 0.834. The lowest BCUT2D eigenvalue weighted by Gasteiger charge is -2.13. The SMILES string of the molecule is CCOC(=O)c1ccc(NC(=O)COc2ccccc2)c(OCC)c1. The number of hydrogen-bond acceptors (Lipinski definition) is 5. The topological polar surface area (TPSA) is 73.9 Å². The number of esters is 1. The van der Waals surface area contributed by atoms with E-state index in [-0.39, 0.29) is 19.1 Å². The number of amides is 1. The maximum Gasteiger partial charge on any atom is 0.338 e. The highest BCUT2D eigenvalue weighted by Crippen LogP contribution is 2.26. The zero-order valence-corrected chi connectivity index (χ0v) is 14.3. The molecule has 0 bridgehead atoms. The maximum absolute atomic E-state index is 12.1. The van der Waals surface area contributed by atoms with Crippen LogP contribution in [-0.4, -0.2) is 31.7 Å². The first kappa shape index (κ1) is 18.3. The Morgan fingerprint density at radius 2 is 1.72 bits per heavy atom. The van der Waals surface area contributed by atoms with Crippen molar-refractivity contribution >= 4 is 17.6 Å². The second kappa shape index (κ2) is 9.32. The zero-order chi connectivity index (χ0) is 18.1. The van der Waals surface area contributed by atoms with Gasteiger partial charge in [0.1, 0.15) is 11.5 Å². The minimum atomic E-state index is -0.436. The third-order valence-electron chi connectivity index (χ3n) is 3.18. The Morgan fingerprint density at radius 1 is 0.960 bits per heavy atom. The number of anilines is 1. The van der Waals surface area contributed by atoms with E-state index in [1.54, 1.807) is 37.3 Å². The highest BCUT2D eigenvalue weighted by molar-refractivity contribution is 5.95. The van der Waals surface area contributed by atoms with Crippen LogP contribution in [0.4, 0.5) is 5.69 Å². The molecule has 0 atom stereocenters. The van der Waals surface area contributed by atoms with Crippen LogP contribution in [0.3, 0.4) is 0 Å². The molecule has 0 aliphatic heterocycles. The van der Waals surface area contributed by atoms with Gasteiger partial charge in [-0.3, -0.25) is 4.79 Å². The maximum atomic E-state index is 12.1. The molecule has 1 N–H and O–H groups in total. The number of carbonyl (C=O) groups excluding carboxylic acids is 2. The predicted molar refractivity (Wildman–Crippen MR) is 94.1 cm³/mol. The van der Waals surface area contributed by atoms with E-state index in [0.717, 1.165) is 0 Å². The highest BCUT2D eigenvalue weighted by atomic mass is 16.5. The molecule has 0 saturated heterocycles. The number of rotatable bonds is 8. The van der Waals surface area contributed by atoms with E-state index >= 15 is 0 Å². The Hall–Kier alpha value is -3.02. The molecule has 0 aliphatic carbocycles. The minimum Gasteiger partial charge on any atom is -0.492 e. The molecule has 0 spiro atoms. The first-order valence-corrected chi connectivity index (χ1v) is 8.05. The van der Waals surface area contributed by atoms with Crippen molar-refractivity contribution in [1.29, 1.82) is 0 Å². The summed E-state index contributed by atoms with van der Waals surface area (Å²) in [5, 5.41) is 2.72. The van der Waals surface area contributed by atoms with Crippen molar-refractivity contribution in [2.24, 2.45) is 0 Å². The Kier molecular flexibility index (Phi) is 6.83. The summed E-state index contributed by atoms with van der Waals surface area (Å²) >= 11 is 0. The Balaban J connectivity index is 2.04. The van der Waals surface area contributed by atoms with E-state index in [1.165, 1.54) is 0 Å². The van der Waals surface area contributed by atoms with Crippen molar-refractivity contribution in [2.45, 2.75) is 13.8 Å². The molecule has 0 aromatic heterocycles. The van der Waals surface area contributed by atoms with Gasteiger partial charge in [0, 0.05) is 0 Å². The smallest absolute Gasteiger partial charge is 0.338 e. The van der Waals surface area contributed by atoms with Gasteiger partial charge in [0.05, 0.1) is 24.5 Å². The first-order valence-electron chi connectivity index (χ1n) is 8.05. The molecule has 2 aromatic rings. The van der Waals surface area contributed by atoms with Crippen LogP contribution in [0.2, 0.25) is 0 Å². The van der Waals surface area contributed by atoms with Crippen molar-refractivity contribution in [3.8, 4) is 11.5 Å². The largest absolute Gasteiger partial charge is 0.492 e. The number of hydrogen-bond donors (Lipinski definition) is 1. The standard InChI is InChI=1S/C19H21NO5/c1-3-23-17-12-14(19(22)24-4-2)10-11-16(17)20-18(21)13-25-15-8-6-5-7-9-15/h5-12H,3-4,13H2,1-2H3,(H,20,21). The van der Waals surface area contributed by atoms with E-state index in [9.17, 15) is 9.59 Å². The third kappa shape index (κ3) is 5.53. The van der Waals surface area contributed by atoms with Gasteiger partial charge in [-0.2, -0.15) is 0 Å². The van der Waals surface area contributed by atoms with Gasteiger partial charge in [-0.05, 0) is 44.2 Å². The third-order valence-corrected chi connectivity index (χ3v) is 3.18. The average molecular weight is 343 g/mol. The number of carbonyl (C=O) groups is 2. The van der Waals surface area contributed by atoms with Gasteiger partial charge in [0.15, 0.2) is 6.61 Å². The van der Waals surface area contributed by atoms with E-state index in [4.69, 9.17) is 14.2 Å². The summed E-state index contributed by atoms with van der Waals surface area (Å²) in [6.45, 7) is 4.12. The molecule has 0 radical (unpaired) electrons. The lowest BCUT2D eigenvalue weighted by atomic mass is 10.2. The van der Waals surface area contributed by atoms with Crippen molar-refractivity contribution in [2.75, 3.05) is 25.1 Å². The molecule has 1 amide bonds. The number of ether oxygens (including phenoxy) is 3. The summed E-state index contributed by atoms with van der Waals surface area (Å²) in [7, 11) is 0. The lowest BCUT2D eigenvalue weighted by molar-refractivity contribution is -0.118. The Labute approximate surface area is 146 Å². The van der Waals surface area contributed by atoms with Gasteiger partial charge < -0.3 is 19.5 Å². The molecule has 6 heteroatoms. The number of benzene rings is 2. The normalized spacial score (nSPS) is 10.0. The van der Waals surface area contributed by atoms with Crippen molar-refractivity contribution in [3.05, 3.63) is 54.1 Å². The molecule has 6 nitrogen and oxygen atoms in total. The van der Waals surface area contributed by atoms with Crippen molar-refractivity contribution in [1.82, 2.24) is 0 Å². The Morgan fingerprint density at radius 3 is 2.40 bits per heavy atom.